The summed E-state index contributed by atoms with van der Waals surface area (Å²) in [4.78, 5) is 19.5. The number of benzene rings is 1. The zero-order valence-corrected chi connectivity index (χ0v) is 11.0. The van der Waals surface area contributed by atoms with Crippen molar-refractivity contribution in [3.63, 3.8) is 0 Å². The summed E-state index contributed by atoms with van der Waals surface area (Å²) in [5.41, 5.74) is 2.11. The molecular weight excluding hydrogens is 228 g/mol. The lowest BCUT2D eigenvalue weighted by molar-refractivity contribution is 0.0603. The Kier molecular flexibility index (Phi) is 3.65. The molecular formula is C14H18N2O2. The highest BCUT2D eigenvalue weighted by Gasteiger charge is 2.16. The molecule has 2 aromatic rings. The van der Waals surface area contributed by atoms with Gasteiger partial charge in [-0.25, -0.2) is 9.78 Å². The summed E-state index contributed by atoms with van der Waals surface area (Å²) in [6, 6.07) is 5.51. The van der Waals surface area contributed by atoms with Gasteiger partial charge in [0.1, 0.15) is 11.3 Å². The van der Waals surface area contributed by atoms with Crippen LogP contribution in [0.4, 0.5) is 0 Å². The number of esters is 1. The molecule has 1 aromatic carbocycles. The van der Waals surface area contributed by atoms with Crippen molar-refractivity contribution in [1.82, 2.24) is 9.97 Å². The first-order chi connectivity index (χ1) is 8.71. The molecule has 4 heteroatoms. The molecule has 0 aliphatic rings. The maximum Gasteiger partial charge on any atom is 0.340 e. The van der Waals surface area contributed by atoms with E-state index in [9.17, 15) is 4.79 Å². The van der Waals surface area contributed by atoms with E-state index in [1.54, 1.807) is 6.07 Å². The van der Waals surface area contributed by atoms with Gasteiger partial charge in [-0.1, -0.05) is 19.9 Å². The summed E-state index contributed by atoms with van der Waals surface area (Å²) in [6.07, 6.45) is 2.06. The number of fused-ring (bicyclic) bond motifs is 1. The summed E-state index contributed by atoms with van der Waals surface area (Å²) >= 11 is 0. The second-order valence-corrected chi connectivity index (χ2v) is 4.33. The van der Waals surface area contributed by atoms with Crippen LogP contribution in [-0.4, -0.2) is 23.0 Å². The quantitative estimate of drug-likeness (QED) is 0.842. The summed E-state index contributed by atoms with van der Waals surface area (Å²) in [5, 5.41) is 0. The van der Waals surface area contributed by atoms with Crippen molar-refractivity contribution in [2.24, 2.45) is 0 Å². The van der Waals surface area contributed by atoms with Gasteiger partial charge >= 0.3 is 5.97 Å². The van der Waals surface area contributed by atoms with Gasteiger partial charge in [-0.2, -0.15) is 0 Å². The van der Waals surface area contributed by atoms with Crippen molar-refractivity contribution in [3.05, 3.63) is 29.6 Å². The van der Waals surface area contributed by atoms with Gasteiger partial charge < -0.3 is 9.72 Å². The molecule has 0 saturated carbocycles. The van der Waals surface area contributed by atoms with Gasteiger partial charge in [0, 0.05) is 5.92 Å². The number of ether oxygens (including phenoxy) is 1. The van der Waals surface area contributed by atoms with Crippen molar-refractivity contribution in [1.29, 1.82) is 0 Å². The first-order valence-electron chi connectivity index (χ1n) is 6.28. The summed E-state index contributed by atoms with van der Waals surface area (Å²) in [6.45, 7) is 4.28. The van der Waals surface area contributed by atoms with Crippen LogP contribution in [0.15, 0.2) is 18.2 Å². The molecule has 1 N–H and O–H groups in total. The predicted molar refractivity (Wildman–Crippen MR) is 70.8 cm³/mol. The molecule has 1 aromatic heterocycles. The van der Waals surface area contributed by atoms with Gasteiger partial charge in [-0.3, -0.25) is 0 Å². The highest BCUT2D eigenvalue weighted by molar-refractivity contribution is 6.01. The number of hydrogen-bond donors (Lipinski definition) is 1. The molecule has 0 saturated heterocycles. The van der Waals surface area contributed by atoms with Gasteiger partial charge in [-0.05, 0) is 25.0 Å². The van der Waals surface area contributed by atoms with Crippen LogP contribution in [0.1, 0.15) is 48.8 Å². The number of carbonyl (C=O) groups excluding carboxylic acids is 1. The molecule has 0 spiro atoms. The van der Waals surface area contributed by atoms with Crippen LogP contribution >= 0.6 is 0 Å². The van der Waals surface area contributed by atoms with Crippen LogP contribution < -0.4 is 0 Å². The summed E-state index contributed by atoms with van der Waals surface area (Å²) < 4.78 is 4.77. The number of carbonyl (C=O) groups is 1. The topological polar surface area (TPSA) is 55.0 Å². The zero-order chi connectivity index (χ0) is 13.1. The molecule has 0 radical (unpaired) electrons. The Morgan fingerprint density at radius 2 is 2.11 bits per heavy atom. The Labute approximate surface area is 106 Å². The maximum atomic E-state index is 11.7. The normalized spacial score (nSPS) is 11.1. The number of aromatic amines is 1. The minimum Gasteiger partial charge on any atom is -0.465 e. The lowest BCUT2D eigenvalue weighted by Crippen LogP contribution is -2.02. The number of aromatic nitrogens is 2. The monoisotopic (exact) mass is 246 g/mol. The fourth-order valence-electron chi connectivity index (χ4n) is 2.19. The number of imidazole rings is 1. The number of methoxy groups -OCH3 is 1. The number of hydrogen-bond acceptors (Lipinski definition) is 3. The Balaban J connectivity index is 2.54. The second kappa shape index (κ2) is 5.21. The van der Waals surface area contributed by atoms with E-state index in [-0.39, 0.29) is 5.97 Å². The number of nitrogens with one attached hydrogen (secondary N) is 1. The minimum absolute atomic E-state index is 0.344. The Morgan fingerprint density at radius 3 is 2.72 bits per heavy atom. The van der Waals surface area contributed by atoms with Crippen LogP contribution in [-0.2, 0) is 4.74 Å². The molecule has 0 bridgehead atoms. The third-order valence-electron chi connectivity index (χ3n) is 3.31. The van der Waals surface area contributed by atoms with E-state index in [0.717, 1.165) is 24.2 Å². The molecule has 18 heavy (non-hydrogen) atoms. The average Bonchev–Trinajstić information content (AvgIpc) is 2.82. The number of nitrogens with zero attached hydrogens (tertiary/aromatic N) is 1. The molecule has 4 nitrogen and oxygen atoms in total. The number of rotatable bonds is 4. The maximum absolute atomic E-state index is 11.7. The molecule has 0 aliphatic heterocycles. The average molecular weight is 246 g/mol. The molecule has 96 valence electrons. The number of para-hydroxylation sites is 1. The van der Waals surface area contributed by atoms with E-state index in [1.807, 2.05) is 12.1 Å². The van der Waals surface area contributed by atoms with Gasteiger partial charge in [0.05, 0.1) is 18.2 Å². The van der Waals surface area contributed by atoms with E-state index >= 15 is 0 Å². The molecule has 1 heterocycles. The molecule has 2 rings (SSSR count). The molecule has 0 aliphatic carbocycles. The third kappa shape index (κ3) is 2.10. The van der Waals surface area contributed by atoms with E-state index in [4.69, 9.17) is 4.74 Å². The fraction of sp³-hybridized carbons (Fsp3) is 0.429. The van der Waals surface area contributed by atoms with Crippen LogP contribution in [0.3, 0.4) is 0 Å². The first kappa shape index (κ1) is 12.6. The first-order valence-corrected chi connectivity index (χ1v) is 6.28. The highest BCUT2D eigenvalue weighted by atomic mass is 16.5. The lowest BCUT2D eigenvalue weighted by atomic mass is 10.0. The van der Waals surface area contributed by atoms with Crippen molar-refractivity contribution in [3.8, 4) is 0 Å². The highest BCUT2D eigenvalue weighted by Crippen LogP contribution is 2.25. The number of H-pyrrole nitrogens is 1. The molecule has 0 amide bonds. The van der Waals surface area contributed by atoms with E-state index in [2.05, 4.69) is 23.8 Å². The van der Waals surface area contributed by atoms with Crippen LogP contribution in [0.5, 0.6) is 0 Å². The Morgan fingerprint density at radius 1 is 1.39 bits per heavy atom. The largest absolute Gasteiger partial charge is 0.465 e. The molecule has 0 unspecified atom stereocenters. The van der Waals surface area contributed by atoms with E-state index in [1.165, 1.54) is 7.11 Å². The van der Waals surface area contributed by atoms with E-state index < -0.39 is 0 Å². The van der Waals surface area contributed by atoms with Gasteiger partial charge in [0.25, 0.3) is 0 Å². The fourth-order valence-corrected chi connectivity index (χ4v) is 2.19. The lowest BCUT2D eigenvalue weighted by Gasteiger charge is -2.07. The predicted octanol–water partition coefficient (Wildman–Crippen LogP) is 3.25. The van der Waals surface area contributed by atoms with Crippen molar-refractivity contribution >= 4 is 17.0 Å². The summed E-state index contributed by atoms with van der Waals surface area (Å²) in [7, 11) is 1.38. The SMILES string of the molecule is CCC(CC)c1nc2c(C(=O)OC)cccc2[nH]1. The van der Waals surface area contributed by atoms with E-state index in [0.29, 0.717) is 17.0 Å². The van der Waals surface area contributed by atoms with Gasteiger partial charge in [-0.15, -0.1) is 0 Å². The third-order valence-corrected chi connectivity index (χ3v) is 3.31. The van der Waals surface area contributed by atoms with Crippen molar-refractivity contribution in [2.45, 2.75) is 32.6 Å². The molecule has 0 fully saturated rings. The summed E-state index contributed by atoms with van der Waals surface area (Å²) in [5.74, 6) is 1.01. The van der Waals surface area contributed by atoms with Crippen LogP contribution in [0.25, 0.3) is 11.0 Å². The van der Waals surface area contributed by atoms with Crippen molar-refractivity contribution in [2.75, 3.05) is 7.11 Å². The Bertz CT molecular complexity index is 556. The smallest absolute Gasteiger partial charge is 0.340 e. The van der Waals surface area contributed by atoms with Crippen LogP contribution in [0.2, 0.25) is 0 Å². The van der Waals surface area contributed by atoms with Crippen LogP contribution in [0, 0.1) is 0 Å². The van der Waals surface area contributed by atoms with Gasteiger partial charge in [0.2, 0.25) is 0 Å². The zero-order valence-electron chi connectivity index (χ0n) is 11.0. The second-order valence-electron chi connectivity index (χ2n) is 4.33. The van der Waals surface area contributed by atoms with Gasteiger partial charge in [0.15, 0.2) is 0 Å². The van der Waals surface area contributed by atoms with Crippen molar-refractivity contribution < 1.29 is 9.53 Å². The minimum atomic E-state index is -0.344. The standard InChI is InChI=1S/C14H18N2O2/c1-4-9(5-2)13-15-11-8-6-7-10(12(11)16-13)14(17)18-3/h6-9H,4-5H2,1-3H3,(H,15,16). The Hall–Kier alpha value is -1.84. The molecule has 0 atom stereocenters.